The molecule has 0 aliphatic carbocycles. The van der Waals surface area contributed by atoms with Crippen molar-refractivity contribution in [2.24, 2.45) is 0 Å². The molecule has 2 aromatic rings. The number of fused-ring (bicyclic) bond motifs is 1. The Morgan fingerprint density at radius 3 is 2.94 bits per heavy atom. The van der Waals surface area contributed by atoms with Crippen molar-refractivity contribution in [2.75, 3.05) is 0 Å². The molecular weight excluding hydrogens is 335 g/mol. The number of thioether (sulfide) groups is 1. The Morgan fingerprint density at radius 1 is 1.33 bits per heavy atom. The summed E-state index contributed by atoms with van der Waals surface area (Å²) in [6.45, 7) is 0. The fourth-order valence-electron chi connectivity index (χ4n) is 1.90. The van der Waals surface area contributed by atoms with Gasteiger partial charge in [-0.3, -0.25) is 0 Å². The van der Waals surface area contributed by atoms with E-state index in [4.69, 9.17) is 12.2 Å². The monoisotopic (exact) mass is 342 g/mol. The maximum absolute atomic E-state index is 13.4. The van der Waals surface area contributed by atoms with Crippen molar-refractivity contribution >= 4 is 39.9 Å². The summed E-state index contributed by atoms with van der Waals surface area (Å²) in [5.74, 6) is 2.15. The van der Waals surface area contributed by atoms with Gasteiger partial charge in [-0.2, -0.15) is 11.8 Å². The molecular formula is C12H8BrFN2S2. The van der Waals surface area contributed by atoms with Crippen LogP contribution < -0.4 is 0 Å². The molecule has 1 aromatic heterocycles. The molecule has 1 N–H and O–H groups in total. The van der Waals surface area contributed by atoms with Gasteiger partial charge in [0.1, 0.15) is 16.3 Å². The molecule has 0 spiro atoms. The minimum Gasteiger partial charge on any atom is -0.342 e. The summed E-state index contributed by atoms with van der Waals surface area (Å²) in [6, 6.07) is 4.69. The van der Waals surface area contributed by atoms with E-state index < -0.39 is 0 Å². The van der Waals surface area contributed by atoms with Crippen molar-refractivity contribution in [3.05, 3.63) is 44.4 Å². The molecule has 0 unspecified atom stereocenters. The highest BCUT2D eigenvalue weighted by molar-refractivity contribution is 9.10. The molecule has 0 fully saturated rings. The summed E-state index contributed by atoms with van der Waals surface area (Å²) in [6.07, 6.45) is 0. The number of H-pyrrole nitrogens is 1. The first-order valence-corrected chi connectivity index (χ1v) is 7.65. The molecule has 3 rings (SSSR count). The van der Waals surface area contributed by atoms with Crippen LogP contribution in [0.3, 0.4) is 0 Å². The van der Waals surface area contributed by atoms with Crippen LogP contribution in [0.15, 0.2) is 22.7 Å². The first-order chi connectivity index (χ1) is 8.63. The van der Waals surface area contributed by atoms with Crippen LogP contribution in [0.1, 0.15) is 11.3 Å². The van der Waals surface area contributed by atoms with E-state index in [2.05, 4.69) is 25.9 Å². The summed E-state index contributed by atoms with van der Waals surface area (Å²) in [5.41, 5.74) is 2.91. The third kappa shape index (κ3) is 2.24. The summed E-state index contributed by atoms with van der Waals surface area (Å²) < 4.78 is 14.7. The molecule has 0 saturated carbocycles. The standard InChI is InChI=1S/C12H8BrFN2S2/c13-7-1-6(2-8(14)3-7)11-15-10-5-18-4-9(10)12(17)16-11/h1-3H,4-5H2,(H,15,16,17). The minimum atomic E-state index is -0.296. The van der Waals surface area contributed by atoms with E-state index in [1.165, 1.54) is 12.1 Å². The second-order valence-electron chi connectivity index (χ2n) is 4.00. The number of aromatic nitrogens is 2. The van der Waals surface area contributed by atoms with Gasteiger partial charge >= 0.3 is 0 Å². The first-order valence-electron chi connectivity index (χ1n) is 5.30. The quantitative estimate of drug-likeness (QED) is 0.776. The highest BCUT2D eigenvalue weighted by Gasteiger charge is 2.16. The first kappa shape index (κ1) is 12.3. The van der Waals surface area contributed by atoms with E-state index in [0.29, 0.717) is 20.5 Å². The van der Waals surface area contributed by atoms with E-state index >= 15 is 0 Å². The van der Waals surface area contributed by atoms with Crippen LogP contribution in [0.5, 0.6) is 0 Å². The van der Waals surface area contributed by atoms with Gasteiger partial charge in [0.05, 0.1) is 0 Å². The van der Waals surface area contributed by atoms with Crippen LogP contribution in [0.4, 0.5) is 4.39 Å². The molecule has 6 heteroatoms. The van der Waals surface area contributed by atoms with Crippen LogP contribution in [0, 0.1) is 10.5 Å². The number of rotatable bonds is 1. The van der Waals surface area contributed by atoms with Crippen molar-refractivity contribution in [1.82, 2.24) is 9.97 Å². The molecule has 0 bridgehead atoms. The number of benzene rings is 1. The summed E-state index contributed by atoms with van der Waals surface area (Å²) in [7, 11) is 0. The highest BCUT2D eigenvalue weighted by Crippen LogP contribution is 2.31. The number of aromatic amines is 1. The predicted octanol–water partition coefficient (Wildman–Crippen LogP) is 4.45. The van der Waals surface area contributed by atoms with Crippen LogP contribution in [0.25, 0.3) is 11.4 Å². The minimum absolute atomic E-state index is 0.296. The third-order valence-corrected chi connectivity index (χ3v) is 4.51. The molecule has 0 amide bonds. The van der Waals surface area contributed by atoms with Gasteiger partial charge in [0.25, 0.3) is 0 Å². The van der Waals surface area contributed by atoms with Crippen LogP contribution in [0.2, 0.25) is 0 Å². The Morgan fingerprint density at radius 2 is 2.17 bits per heavy atom. The molecule has 1 aliphatic heterocycles. The Balaban J connectivity index is 2.18. The zero-order valence-corrected chi connectivity index (χ0v) is 12.4. The SMILES string of the molecule is Fc1cc(Br)cc(-c2nc(=S)c3c([nH]2)CSC3)c1. The Kier molecular flexibility index (Phi) is 3.25. The Bertz CT molecular complexity index is 664. The zero-order chi connectivity index (χ0) is 12.7. The molecule has 0 radical (unpaired) electrons. The second-order valence-corrected chi connectivity index (χ2v) is 6.29. The van der Waals surface area contributed by atoms with Gasteiger partial charge in [-0.05, 0) is 18.2 Å². The van der Waals surface area contributed by atoms with E-state index in [0.717, 1.165) is 22.8 Å². The average molecular weight is 343 g/mol. The maximum atomic E-state index is 13.4. The average Bonchev–Trinajstić information content (AvgIpc) is 2.76. The van der Waals surface area contributed by atoms with Gasteiger partial charge in [0.2, 0.25) is 0 Å². The van der Waals surface area contributed by atoms with E-state index in [-0.39, 0.29) is 5.82 Å². The van der Waals surface area contributed by atoms with Gasteiger partial charge in [0.15, 0.2) is 0 Å². The molecule has 18 heavy (non-hydrogen) atoms. The lowest BCUT2D eigenvalue weighted by molar-refractivity contribution is 0.627. The van der Waals surface area contributed by atoms with Crippen molar-refractivity contribution in [1.29, 1.82) is 0 Å². The second kappa shape index (κ2) is 4.75. The van der Waals surface area contributed by atoms with E-state index in [9.17, 15) is 4.39 Å². The van der Waals surface area contributed by atoms with Crippen molar-refractivity contribution in [2.45, 2.75) is 11.5 Å². The number of nitrogens with zero attached hydrogens (tertiary/aromatic N) is 1. The summed E-state index contributed by atoms with van der Waals surface area (Å²) in [5, 5.41) is 0. The van der Waals surface area contributed by atoms with Crippen molar-refractivity contribution in [3.63, 3.8) is 0 Å². The van der Waals surface area contributed by atoms with Crippen molar-refractivity contribution < 1.29 is 4.39 Å². The smallest absolute Gasteiger partial charge is 0.139 e. The topological polar surface area (TPSA) is 28.7 Å². The predicted molar refractivity (Wildman–Crippen MR) is 77.5 cm³/mol. The molecule has 0 atom stereocenters. The Hall–Kier alpha value is -0.720. The molecule has 2 heterocycles. The largest absolute Gasteiger partial charge is 0.342 e. The van der Waals surface area contributed by atoms with Crippen LogP contribution >= 0.6 is 39.9 Å². The fraction of sp³-hybridized carbons (Fsp3) is 0.167. The lowest BCUT2D eigenvalue weighted by Crippen LogP contribution is -1.97. The fourth-order valence-corrected chi connectivity index (χ4v) is 3.81. The van der Waals surface area contributed by atoms with Gasteiger partial charge in [-0.15, -0.1) is 0 Å². The molecule has 1 aromatic carbocycles. The third-order valence-electron chi connectivity index (χ3n) is 2.73. The number of halogens is 2. The van der Waals surface area contributed by atoms with Gasteiger partial charge in [-0.25, -0.2) is 9.37 Å². The summed E-state index contributed by atoms with van der Waals surface area (Å²) >= 11 is 10.4. The molecule has 2 nitrogen and oxygen atoms in total. The van der Waals surface area contributed by atoms with Gasteiger partial charge < -0.3 is 4.98 Å². The summed E-state index contributed by atoms with van der Waals surface area (Å²) in [4.78, 5) is 7.61. The normalized spacial score (nSPS) is 13.7. The number of nitrogens with one attached hydrogen (secondary N) is 1. The van der Waals surface area contributed by atoms with E-state index in [1.807, 2.05) is 6.07 Å². The zero-order valence-electron chi connectivity index (χ0n) is 9.17. The van der Waals surface area contributed by atoms with E-state index in [1.54, 1.807) is 11.8 Å². The number of hydrogen-bond donors (Lipinski definition) is 1. The lowest BCUT2D eigenvalue weighted by atomic mass is 10.2. The van der Waals surface area contributed by atoms with Gasteiger partial charge in [-0.1, -0.05) is 28.1 Å². The number of hydrogen-bond acceptors (Lipinski definition) is 3. The maximum Gasteiger partial charge on any atom is 0.139 e. The Labute approximate surface area is 121 Å². The van der Waals surface area contributed by atoms with Crippen LogP contribution in [-0.4, -0.2) is 9.97 Å². The van der Waals surface area contributed by atoms with Crippen molar-refractivity contribution in [3.8, 4) is 11.4 Å². The lowest BCUT2D eigenvalue weighted by Gasteiger charge is -2.06. The molecule has 92 valence electrons. The molecule has 1 aliphatic rings. The van der Waals surface area contributed by atoms with Gasteiger partial charge in [0, 0.05) is 32.8 Å². The highest BCUT2D eigenvalue weighted by atomic mass is 79.9. The molecule has 0 saturated heterocycles. The van der Waals surface area contributed by atoms with Crippen LogP contribution in [-0.2, 0) is 11.5 Å².